The summed E-state index contributed by atoms with van der Waals surface area (Å²) in [5, 5.41) is 19.5. The molecule has 1 aliphatic rings. The van der Waals surface area contributed by atoms with Crippen LogP contribution in [0.4, 0.5) is 25.5 Å². The first-order valence-corrected chi connectivity index (χ1v) is 16.0. The molecule has 0 radical (unpaired) electrons. The number of hydrogen-bond donors (Lipinski definition) is 4. The van der Waals surface area contributed by atoms with Crippen LogP contribution in [0, 0.1) is 23.1 Å². The van der Waals surface area contributed by atoms with Crippen LogP contribution in [-0.2, 0) is 9.53 Å². The summed E-state index contributed by atoms with van der Waals surface area (Å²) in [6, 6.07) is 11.0. The van der Waals surface area contributed by atoms with Crippen molar-refractivity contribution in [3.05, 3.63) is 82.8 Å². The van der Waals surface area contributed by atoms with E-state index in [9.17, 15) is 24.0 Å². The molecule has 2 aromatic carbocycles. The number of nitrogens with one attached hydrogen (secondary N) is 4. The number of anilines is 2. The molecule has 2 unspecified atom stereocenters. The molecule has 13 nitrogen and oxygen atoms in total. The lowest BCUT2D eigenvalue weighted by molar-refractivity contribution is -0.119. The minimum Gasteiger partial charge on any atom is -0.444 e. The molecule has 1 fully saturated rings. The zero-order valence-corrected chi connectivity index (χ0v) is 28.5. The molecule has 4 amide bonds. The number of nitriles is 1. The van der Waals surface area contributed by atoms with Crippen molar-refractivity contribution in [1.82, 2.24) is 15.6 Å². The molecular weight excluding hydrogens is 647 g/mol. The number of halogens is 1. The van der Waals surface area contributed by atoms with Crippen LogP contribution in [0.1, 0.15) is 92.1 Å². The third kappa shape index (κ3) is 9.62. The van der Waals surface area contributed by atoms with Gasteiger partial charge in [0.05, 0.1) is 16.7 Å². The Bertz CT molecular complexity index is 1830. The van der Waals surface area contributed by atoms with Crippen LogP contribution in [-0.4, -0.2) is 52.5 Å². The van der Waals surface area contributed by atoms with Gasteiger partial charge in [-0.05, 0) is 75.6 Å². The van der Waals surface area contributed by atoms with E-state index in [2.05, 4.69) is 26.3 Å². The average molecular weight is 687 g/mol. The number of amides is 4. The van der Waals surface area contributed by atoms with E-state index in [1.54, 1.807) is 41.5 Å². The van der Waals surface area contributed by atoms with Crippen molar-refractivity contribution in [2.75, 3.05) is 10.6 Å². The number of esters is 1. The summed E-state index contributed by atoms with van der Waals surface area (Å²) in [7, 11) is 0. The third-order valence-corrected chi connectivity index (χ3v) is 7.56. The van der Waals surface area contributed by atoms with E-state index in [1.165, 1.54) is 48.7 Å². The number of benzene rings is 2. The summed E-state index contributed by atoms with van der Waals surface area (Å²) in [6.45, 7) is 10.2. The summed E-state index contributed by atoms with van der Waals surface area (Å²) in [4.78, 5) is 68.5. The van der Waals surface area contributed by atoms with Crippen molar-refractivity contribution < 1.29 is 37.8 Å². The van der Waals surface area contributed by atoms with Gasteiger partial charge in [0.15, 0.2) is 5.78 Å². The number of rotatable bonds is 11. The summed E-state index contributed by atoms with van der Waals surface area (Å²) in [5.74, 6) is -3.54. The Morgan fingerprint density at radius 3 is 2.42 bits per heavy atom. The second kappa shape index (κ2) is 15.6. The molecule has 0 bridgehead atoms. The normalized spacial score (nSPS) is 15.6. The van der Waals surface area contributed by atoms with Gasteiger partial charge in [0.2, 0.25) is 5.91 Å². The molecule has 1 saturated carbocycles. The topological polar surface area (TPSA) is 189 Å². The van der Waals surface area contributed by atoms with Gasteiger partial charge in [0, 0.05) is 35.8 Å². The van der Waals surface area contributed by atoms with Crippen molar-refractivity contribution in [2.45, 2.75) is 78.0 Å². The smallest absolute Gasteiger partial charge is 0.408 e. The maximum Gasteiger partial charge on any atom is 0.408 e. The van der Waals surface area contributed by atoms with Gasteiger partial charge < -0.3 is 25.4 Å². The van der Waals surface area contributed by atoms with Crippen LogP contribution >= 0.6 is 0 Å². The van der Waals surface area contributed by atoms with Crippen LogP contribution in [0.5, 0.6) is 5.75 Å². The maximum absolute atomic E-state index is 15.4. The second-order valence-electron chi connectivity index (χ2n) is 13.0. The molecule has 0 saturated heterocycles. The number of ketones is 1. The molecule has 3 aromatic rings. The lowest BCUT2D eigenvalue weighted by atomic mass is 9.99. The first-order chi connectivity index (χ1) is 23.6. The van der Waals surface area contributed by atoms with Crippen LogP contribution in [0.3, 0.4) is 0 Å². The fraction of sp³-hybridized carbons (Fsp3) is 0.361. The van der Waals surface area contributed by atoms with Crippen LogP contribution in [0.2, 0.25) is 0 Å². The Balaban J connectivity index is 1.51. The highest BCUT2D eigenvalue weighted by atomic mass is 19.1. The molecule has 262 valence electrons. The van der Waals surface area contributed by atoms with E-state index in [1.807, 2.05) is 6.07 Å². The lowest BCUT2D eigenvalue weighted by Gasteiger charge is -2.25. The van der Waals surface area contributed by atoms with Gasteiger partial charge in [-0.2, -0.15) is 5.26 Å². The van der Waals surface area contributed by atoms with Crippen LogP contribution in [0.25, 0.3) is 0 Å². The minimum atomic E-state index is -0.958. The number of Topliss-reactive ketones (excluding diaryl/α,β-unsaturated/α-hetero) is 1. The summed E-state index contributed by atoms with van der Waals surface area (Å²) in [6.07, 6.45) is 0.897. The number of carbonyl (C=O) groups is 5. The van der Waals surface area contributed by atoms with Gasteiger partial charge >= 0.3 is 18.1 Å². The molecule has 50 heavy (non-hydrogen) atoms. The molecule has 14 heteroatoms. The highest BCUT2D eigenvalue weighted by Gasteiger charge is 2.44. The van der Waals surface area contributed by atoms with Crippen molar-refractivity contribution >= 4 is 41.3 Å². The number of pyridine rings is 1. The zero-order chi connectivity index (χ0) is 36.7. The molecule has 4 rings (SSSR count). The molecule has 0 spiro atoms. The molecule has 0 aliphatic heterocycles. The van der Waals surface area contributed by atoms with E-state index in [-0.39, 0.29) is 52.1 Å². The van der Waals surface area contributed by atoms with Crippen LogP contribution < -0.4 is 26.0 Å². The Morgan fingerprint density at radius 1 is 1.06 bits per heavy atom. The van der Waals surface area contributed by atoms with Crippen molar-refractivity contribution in [3.63, 3.8) is 0 Å². The largest absolute Gasteiger partial charge is 0.444 e. The summed E-state index contributed by atoms with van der Waals surface area (Å²) in [5.41, 5.74) is -0.255. The molecule has 1 aliphatic carbocycles. The number of nitrogens with zero attached hydrogens (tertiary/aromatic N) is 2. The second-order valence-corrected chi connectivity index (χ2v) is 13.0. The summed E-state index contributed by atoms with van der Waals surface area (Å²) < 4.78 is 26.5. The predicted octanol–water partition coefficient (Wildman–Crippen LogP) is 6.07. The highest BCUT2D eigenvalue weighted by Crippen LogP contribution is 2.47. The number of aromatic nitrogens is 1. The molecule has 1 heterocycles. The maximum atomic E-state index is 15.4. The fourth-order valence-electron chi connectivity index (χ4n) is 5.03. The zero-order valence-electron chi connectivity index (χ0n) is 28.5. The van der Waals surface area contributed by atoms with E-state index in [0.717, 1.165) is 6.07 Å². The monoisotopic (exact) mass is 686 g/mol. The van der Waals surface area contributed by atoms with E-state index >= 15 is 4.39 Å². The Hall–Kier alpha value is -5.84. The number of carbonyl (C=O) groups excluding carboxylic acids is 5. The number of alkyl carbamates (subject to hydrolysis) is 1. The molecule has 4 N–H and O–H groups in total. The average Bonchev–Trinajstić information content (AvgIpc) is 3.80. The van der Waals surface area contributed by atoms with Gasteiger partial charge in [-0.3, -0.25) is 14.9 Å². The molecule has 1 aromatic heterocycles. The lowest BCUT2D eigenvalue weighted by Crippen LogP contribution is -2.48. The van der Waals surface area contributed by atoms with Gasteiger partial charge in [0.25, 0.3) is 0 Å². The third-order valence-electron chi connectivity index (χ3n) is 7.56. The SMILES string of the molecule is CCC(=O)c1ccc(F)c([C@@H]2CC2NC(=O)Nc2ccc(C#N)cn2)c1OC(=O)c1cccc(NC(=O)C(NC(=O)OC(C)(C)C)C(C)C)c1. The van der Waals surface area contributed by atoms with E-state index in [4.69, 9.17) is 14.7 Å². The number of ether oxygens (including phenoxy) is 2. The summed E-state index contributed by atoms with van der Waals surface area (Å²) >= 11 is 0. The van der Waals surface area contributed by atoms with Gasteiger partial charge in [-0.15, -0.1) is 0 Å². The van der Waals surface area contributed by atoms with Gasteiger partial charge in [0.1, 0.15) is 35.1 Å². The van der Waals surface area contributed by atoms with E-state index in [0.29, 0.717) is 12.0 Å². The standard InChI is InChI=1S/C36H39FN6O7/c1-7-27(44)23-12-13-25(37)29(24-16-26(24)41-34(47)42-28-14-11-20(17-38)18-39-28)31(23)49-33(46)21-9-8-10-22(15-21)40-32(45)30(19(2)3)43-35(48)50-36(4,5)6/h8-15,18-19,24,26,30H,7,16H2,1-6H3,(H,40,45)(H,43,48)(H2,39,41,42,47)/t24-,26?,30?/m1/s1. The minimum absolute atomic E-state index is 0.00567. The van der Waals surface area contributed by atoms with Crippen molar-refractivity contribution in [1.29, 1.82) is 5.26 Å². The van der Waals surface area contributed by atoms with Crippen molar-refractivity contribution in [3.8, 4) is 11.8 Å². The predicted molar refractivity (Wildman–Crippen MR) is 181 cm³/mol. The Labute approximate surface area is 288 Å². The fourth-order valence-corrected chi connectivity index (χ4v) is 5.03. The molecule has 3 atom stereocenters. The first kappa shape index (κ1) is 37.0. The van der Waals surface area contributed by atoms with Crippen LogP contribution in [0.15, 0.2) is 54.7 Å². The van der Waals surface area contributed by atoms with E-state index < -0.39 is 53.4 Å². The van der Waals surface area contributed by atoms with Gasteiger partial charge in [-0.1, -0.05) is 26.8 Å². The first-order valence-electron chi connectivity index (χ1n) is 16.0. The quantitative estimate of drug-likeness (QED) is 0.105. The van der Waals surface area contributed by atoms with Gasteiger partial charge in [-0.25, -0.2) is 23.8 Å². The number of urea groups is 1. The van der Waals surface area contributed by atoms with Crippen molar-refractivity contribution in [2.24, 2.45) is 5.92 Å². The Kier molecular flexibility index (Phi) is 11.5. The molecular formula is C36H39FN6O7. The number of hydrogen-bond acceptors (Lipinski definition) is 9. The Morgan fingerprint density at radius 2 is 1.80 bits per heavy atom. The highest BCUT2D eigenvalue weighted by molar-refractivity contribution is 6.02.